The maximum absolute atomic E-state index is 11.2. The Morgan fingerprint density at radius 2 is 2.07 bits per heavy atom. The van der Waals surface area contributed by atoms with Crippen LogP contribution in [0.2, 0.25) is 0 Å². The molecule has 0 aromatic rings. The van der Waals surface area contributed by atoms with Gasteiger partial charge >= 0.3 is 0 Å². The van der Waals surface area contributed by atoms with Gasteiger partial charge in [0.1, 0.15) is 0 Å². The molecule has 82 valence electrons. The Hall–Kier alpha value is -0.860. The van der Waals surface area contributed by atoms with Gasteiger partial charge in [-0.05, 0) is 25.7 Å². The van der Waals surface area contributed by atoms with E-state index in [1.807, 2.05) is 20.8 Å². The third-order valence-corrected chi connectivity index (χ3v) is 1.86. The van der Waals surface area contributed by atoms with Crippen molar-refractivity contribution in [3.8, 4) is 0 Å². The van der Waals surface area contributed by atoms with E-state index in [9.17, 15) is 4.79 Å². The number of unbranched alkanes of at least 4 members (excludes halogenated alkanes) is 1. The topological polar surface area (TPSA) is 41.5 Å². The largest absolute Gasteiger partial charge is 0.273 e. The van der Waals surface area contributed by atoms with Crippen LogP contribution in [0.25, 0.3) is 0 Å². The van der Waals surface area contributed by atoms with Crippen molar-refractivity contribution >= 4 is 11.6 Å². The molecule has 0 aromatic carbocycles. The van der Waals surface area contributed by atoms with Crippen molar-refractivity contribution in [1.82, 2.24) is 5.43 Å². The fraction of sp³-hybridized carbons (Fsp3) is 0.818. The zero-order valence-corrected chi connectivity index (χ0v) is 9.76. The minimum absolute atomic E-state index is 0.0100. The number of rotatable bonds is 6. The highest BCUT2D eigenvalue weighted by molar-refractivity contribution is 5.84. The van der Waals surface area contributed by atoms with Crippen LogP contribution in [-0.2, 0) is 4.79 Å². The SMILES string of the molecule is CCCC/C(C)=N/NC(=O)CC(C)C. The summed E-state index contributed by atoms with van der Waals surface area (Å²) in [5.74, 6) is 0.400. The lowest BCUT2D eigenvalue weighted by Gasteiger charge is -2.03. The summed E-state index contributed by atoms with van der Waals surface area (Å²) in [7, 11) is 0. The van der Waals surface area contributed by atoms with Crippen molar-refractivity contribution in [2.45, 2.75) is 53.4 Å². The molecule has 0 bridgehead atoms. The molecule has 14 heavy (non-hydrogen) atoms. The van der Waals surface area contributed by atoms with E-state index in [-0.39, 0.29) is 5.91 Å². The Balaban J connectivity index is 3.72. The van der Waals surface area contributed by atoms with Gasteiger partial charge in [0.15, 0.2) is 0 Å². The molecule has 1 amide bonds. The molecular weight excluding hydrogens is 176 g/mol. The molecule has 0 atom stereocenters. The van der Waals surface area contributed by atoms with E-state index in [0.717, 1.165) is 25.0 Å². The van der Waals surface area contributed by atoms with Gasteiger partial charge in [-0.15, -0.1) is 0 Å². The van der Waals surface area contributed by atoms with Gasteiger partial charge in [0.2, 0.25) is 5.91 Å². The zero-order chi connectivity index (χ0) is 11.0. The molecular formula is C11H22N2O. The first-order valence-electron chi connectivity index (χ1n) is 5.38. The molecule has 0 radical (unpaired) electrons. The summed E-state index contributed by atoms with van der Waals surface area (Å²) >= 11 is 0. The van der Waals surface area contributed by atoms with E-state index in [2.05, 4.69) is 17.5 Å². The van der Waals surface area contributed by atoms with E-state index in [1.165, 1.54) is 0 Å². The smallest absolute Gasteiger partial charge is 0.240 e. The molecule has 0 saturated carbocycles. The van der Waals surface area contributed by atoms with Gasteiger partial charge < -0.3 is 0 Å². The normalized spacial score (nSPS) is 11.9. The van der Waals surface area contributed by atoms with Gasteiger partial charge in [0.05, 0.1) is 0 Å². The van der Waals surface area contributed by atoms with Crippen LogP contribution in [0.1, 0.15) is 53.4 Å². The maximum Gasteiger partial charge on any atom is 0.240 e. The van der Waals surface area contributed by atoms with Crippen molar-refractivity contribution in [3.05, 3.63) is 0 Å². The summed E-state index contributed by atoms with van der Waals surface area (Å²) in [5, 5.41) is 4.03. The van der Waals surface area contributed by atoms with Crippen molar-refractivity contribution < 1.29 is 4.79 Å². The van der Waals surface area contributed by atoms with Gasteiger partial charge in [-0.2, -0.15) is 5.10 Å². The Labute approximate surface area is 87.0 Å². The molecule has 0 rings (SSSR count). The molecule has 3 nitrogen and oxygen atoms in total. The first-order valence-corrected chi connectivity index (χ1v) is 5.38. The lowest BCUT2D eigenvalue weighted by molar-refractivity contribution is -0.121. The zero-order valence-electron chi connectivity index (χ0n) is 9.76. The van der Waals surface area contributed by atoms with Gasteiger partial charge in [-0.25, -0.2) is 5.43 Å². The predicted molar refractivity (Wildman–Crippen MR) is 60.2 cm³/mol. The molecule has 0 saturated heterocycles. The fourth-order valence-corrected chi connectivity index (χ4v) is 1.06. The quantitative estimate of drug-likeness (QED) is 0.517. The molecule has 0 fully saturated rings. The number of hydrogen-bond donors (Lipinski definition) is 1. The first-order chi connectivity index (χ1) is 6.56. The van der Waals surface area contributed by atoms with Gasteiger partial charge in [0, 0.05) is 12.1 Å². The number of carbonyl (C=O) groups is 1. The number of carbonyl (C=O) groups excluding carboxylic acids is 1. The first kappa shape index (κ1) is 13.1. The van der Waals surface area contributed by atoms with E-state index in [4.69, 9.17) is 0 Å². The van der Waals surface area contributed by atoms with Gasteiger partial charge in [0.25, 0.3) is 0 Å². The monoisotopic (exact) mass is 198 g/mol. The second-order valence-corrected chi connectivity index (χ2v) is 4.08. The number of hydrazone groups is 1. The molecule has 0 heterocycles. The van der Waals surface area contributed by atoms with Crippen LogP contribution >= 0.6 is 0 Å². The van der Waals surface area contributed by atoms with Gasteiger partial charge in [-0.3, -0.25) is 4.79 Å². The Bertz CT molecular complexity index is 197. The molecule has 3 heteroatoms. The van der Waals surface area contributed by atoms with Gasteiger partial charge in [-0.1, -0.05) is 27.2 Å². The Morgan fingerprint density at radius 1 is 1.43 bits per heavy atom. The molecule has 0 aliphatic rings. The van der Waals surface area contributed by atoms with E-state index in [0.29, 0.717) is 12.3 Å². The molecule has 0 spiro atoms. The molecule has 0 aliphatic heterocycles. The average Bonchev–Trinajstić information content (AvgIpc) is 2.10. The van der Waals surface area contributed by atoms with Crippen molar-refractivity contribution in [2.75, 3.05) is 0 Å². The standard InChI is InChI=1S/C11H22N2O/c1-5-6-7-10(4)12-13-11(14)8-9(2)3/h9H,5-8H2,1-4H3,(H,13,14)/b12-10+. The van der Waals surface area contributed by atoms with Crippen LogP contribution in [0.4, 0.5) is 0 Å². The maximum atomic E-state index is 11.2. The van der Waals surface area contributed by atoms with Crippen LogP contribution in [0.3, 0.4) is 0 Å². The summed E-state index contributed by atoms with van der Waals surface area (Å²) in [6.07, 6.45) is 3.81. The highest BCUT2D eigenvalue weighted by atomic mass is 16.2. The van der Waals surface area contributed by atoms with Crippen molar-refractivity contribution in [1.29, 1.82) is 0 Å². The summed E-state index contributed by atoms with van der Waals surface area (Å²) < 4.78 is 0. The molecule has 0 unspecified atom stereocenters. The van der Waals surface area contributed by atoms with Crippen LogP contribution in [-0.4, -0.2) is 11.6 Å². The Kier molecular flexibility index (Phi) is 7.07. The van der Waals surface area contributed by atoms with E-state index >= 15 is 0 Å². The summed E-state index contributed by atoms with van der Waals surface area (Å²) in [4.78, 5) is 11.2. The van der Waals surface area contributed by atoms with Crippen LogP contribution in [0.5, 0.6) is 0 Å². The van der Waals surface area contributed by atoms with Crippen LogP contribution in [0, 0.1) is 5.92 Å². The fourth-order valence-electron chi connectivity index (χ4n) is 1.06. The third-order valence-electron chi connectivity index (χ3n) is 1.86. The highest BCUT2D eigenvalue weighted by Gasteiger charge is 2.02. The van der Waals surface area contributed by atoms with Crippen molar-refractivity contribution in [2.24, 2.45) is 11.0 Å². The minimum atomic E-state index is 0.0100. The Morgan fingerprint density at radius 3 is 2.57 bits per heavy atom. The van der Waals surface area contributed by atoms with Crippen LogP contribution < -0.4 is 5.43 Å². The molecule has 1 N–H and O–H groups in total. The second-order valence-electron chi connectivity index (χ2n) is 4.08. The molecule has 0 aromatic heterocycles. The lowest BCUT2D eigenvalue weighted by atomic mass is 10.1. The van der Waals surface area contributed by atoms with E-state index in [1.54, 1.807) is 0 Å². The number of amides is 1. The highest BCUT2D eigenvalue weighted by Crippen LogP contribution is 1.99. The lowest BCUT2D eigenvalue weighted by Crippen LogP contribution is -2.20. The number of hydrogen-bond acceptors (Lipinski definition) is 2. The second kappa shape index (κ2) is 7.54. The summed E-state index contributed by atoms with van der Waals surface area (Å²) in [6, 6.07) is 0. The summed E-state index contributed by atoms with van der Waals surface area (Å²) in [5.41, 5.74) is 3.58. The van der Waals surface area contributed by atoms with E-state index < -0.39 is 0 Å². The minimum Gasteiger partial charge on any atom is -0.273 e. The molecule has 0 aliphatic carbocycles. The average molecular weight is 198 g/mol. The van der Waals surface area contributed by atoms with Crippen molar-refractivity contribution in [3.63, 3.8) is 0 Å². The predicted octanol–water partition coefficient (Wildman–Crippen LogP) is 2.71. The number of nitrogens with zero attached hydrogens (tertiary/aromatic N) is 1. The summed E-state index contributed by atoms with van der Waals surface area (Å²) in [6.45, 7) is 8.14. The van der Waals surface area contributed by atoms with Crippen LogP contribution in [0.15, 0.2) is 5.10 Å². The third kappa shape index (κ3) is 7.77. The number of nitrogens with one attached hydrogen (secondary N) is 1.